The van der Waals surface area contributed by atoms with E-state index >= 15 is 0 Å². The van der Waals surface area contributed by atoms with Crippen LogP contribution in [0.1, 0.15) is 30.6 Å². The van der Waals surface area contributed by atoms with Crippen LogP contribution in [-0.4, -0.2) is 33.8 Å². The maximum Gasteiger partial charge on any atom is 0.191 e. The van der Waals surface area contributed by atoms with Gasteiger partial charge in [-0.1, -0.05) is 0 Å². The van der Waals surface area contributed by atoms with Gasteiger partial charge in [0.15, 0.2) is 5.96 Å². The largest absolute Gasteiger partial charge is 0.357 e. The lowest BCUT2D eigenvalue weighted by molar-refractivity contribution is 0.358. The Morgan fingerprint density at radius 1 is 1.42 bits per heavy atom. The zero-order chi connectivity index (χ0) is 16.1. The zero-order valence-corrected chi connectivity index (χ0v) is 17.3. The molecule has 0 aromatic carbocycles. The van der Waals surface area contributed by atoms with Crippen molar-refractivity contribution in [3.8, 4) is 0 Å². The lowest BCUT2D eigenvalue weighted by Crippen LogP contribution is -2.41. The van der Waals surface area contributed by atoms with Crippen molar-refractivity contribution in [2.45, 2.75) is 39.8 Å². The highest BCUT2D eigenvalue weighted by molar-refractivity contribution is 14.0. The fourth-order valence-corrected chi connectivity index (χ4v) is 3.49. The molecule has 0 amide bonds. The molecule has 1 aliphatic heterocycles. The first kappa shape index (κ1) is 19.2. The van der Waals surface area contributed by atoms with Crippen LogP contribution in [0.2, 0.25) is 0 Å². The Balaban J connectivity index is 0.00000208. The molecule has 0 saturated carbocycles. The van der Waals surface area contributed by atoms with Crippen LogP contribution in [0.3, 0.4) is 0 Å². The molecular formula is C16H25IN6S. The Kier molecular flexibility index (Phi) is 7.47. The molecular weight excluding hydrogens is 435 g/mol. The highest BCUT2D eigenvalue weighted by Gasteiger charge is 2.21. The molecule has 0 radical (unpaired) electrons. The molecule has 0 saturated heterocycles. The van der Waals surface area contributed by atoms with E-state index < -0.39 is 0 Å². The van der Waals surface area contributed by atoms with Gasteiger partial charge in [-0.25, -0.2) is 4.99 Å². The summed E-state index contributed by atoms with van der Waals surface area (Å²) in [6, 6.07) is 2.12. The van der Waals surface area contributed by atoms with Gasteiger partial charge in [-0.15, -0.1) is 34.2 Å². The van der Waals surface area contributed by atoms with Crippen molar-refractivity contribution >= 4 is 41.3 Å². The van der Waals surface area contributed by atoms with Crippen LogP contribution >= 0.6 is 35.3 Å². The van der Waals surface area contributed by atoms with Crippen LogP contribution in [0.25, 0.3) is 0 Å². The van der Waals surface area contributed by atoms with E-state index in [4.69, 9.17) is 0 Å². The number of fused-ring (bicyclic) bond motifs is 1. The van der Waals surface area contributed by atoms with E-state index in [-0.39, 0.29) is 24.0 Å². The first-order chi connectivity index (χ1) is 11.3. The van der Waals surface area contributed by atoms with Gasteiger partial charge in [-0.05, 0) is 48.6 Å². The van der Waals surface area contributed by atoms with Gasteiger partial charge in [0, 0.05) is 26.1 Å². The first-order valence-corrected chi connectivity index (χ1v) is 9.12. The number of nitrogens with zero attached hydrogens (tertiary/aromatic N) is 4. The number of hydrogen-bond acceptors (Lipinski definition) is 4. The lowest BCUT2D eigenvalue weighted by atomic mass is 9.99. The number of aliphatic imine (C=N–C) groups is 1. The van der Waals surface area contributed by atoms with Crippen molar-refractivity contribution in [3.05, 3.63) is 34.0 Å². The lowest BCUT2D eigenvalue weighted by Gasteiger charge is -2.25. The molecule has 1 aliphatic rings. The molecule has 8 heteroatoms. The molecule has 0 bridgehead atoms. The van der Waals surface area contributed by atoms with Crippen molar-refractivity contribution < 1.29 is 0 Å². The van der Waals surface area contributed by atoms with Crippen LogP contribution in [0.4, 0.5) is 0 Å². The molecule has 24 heavy (non-hydrogen) atoms. The number of hydrogen-bond donors (Lipinski definition) is 2. The van der Waals surface area contributed by atoms with Gasteiger partial charge < -0.3 is 15.2 Å². The van der Waals surface area contributed by atoms with Crippen LogP contribution < -0.4 is 10.6 Å². The average Bonchev–Trinajstić information content (AvgIpc) is 3.20. The van der Waals surface area contributed by atoms with Crippen LogP contribution in [0.15, 0.2) is 21.8 Å². The Hall–Kier alpha value is -1.16. The zero-order valence-electron chi connectivity index (χ0n) is 14.2. The first-order valence-electron chi connectivity index (χ1n) is 8.18. The number of aryl methyl sites for hydroxylation is 2. The number of halogens is 1. The maximum absolute atomic E-state index is 4.66. The minimum atomic E-state index is 0. The summed E-state index contributed by atoms with van der Waals surface area (Å²) < 4.78 is 2.24. The molecule has 2 aromatic heterocycles. The highest BCUT2D eigenvalue weighted by Crippen LogP contribution is 2.19. The standard InChI is InChI=1S/C16H24N6S.HI/c1-3-17-16(19-9-14-6-7-23-11-14)18-8-13-4-5-15-21-20-12(2)22(15)10-13;/h6-7,11,13H,3-5,8-10H2,1-2H3,(H2,17,18,19);1H. The summed E-state index contributed by atoms with van der Waals surface area (Å²) in [6.45, 7) is 7.62. The predicted octanol–water partition coefficient (Wildman–Crippen LogP) is 2.58. The molecule has 6 nitrogen and oxygen atoms in total. The minimum absolute atomic E-state index is 0. The van der Waals surface area contributed by atoms with Crippen molar-refractivity contribution in [2.24, 2.45) is 10.9 Å². The summed E-state index contributed by atoms with van der Waals surface area (Å²) in [5.41, 5.74) is 1.26. The van der Waals surface area contributed by atoms with Gasteiger partial charge in [0.25, 0.3) is 0 Å². The molecule has 1 unspecified atom stereocenters. The molecule has 0 aliphatic carbocycles. The molecule has 132 valence electrons. The fourth-order valence-electron chi connectivity index (χ4n) is 2.83. The molecule has 1 atom stereocenters. The molecule has 2 N–H and O–H groups in total. The Labute approximate surface area is 164 Å². The minimum Gasteiger partial charge on any atom is -0.357 e. The van der Waals surface area contributed by atoms with Gasteiger partial charge in [0.1, 0.15) is 11.6 Å². The van der Waals surface area contributed by atoms with Crippen molar-refractivity contribution in [1.82, 2.24) is 25.4 Å². The second kappa shape index (κ2) is 9.36. The molecule has 0 spiro atoms. The number of aromatic nitrogens is 3. The predicted molar refractivity (Wildman–Crippen MR) is 109 cm³/mol. The third kappa shape index (κ3) is 4.92. The van der Waals surface area contributed by atoms with Crippen LogP contribution in [-0.2, 0) is 19.5 Å². The number of guanidine groups is 1. The Bertz CT molecular complexity index is 652. The molecule has 3 heterocycles. The smallest absolute Gasteiger partial charge is 0.191 e. The average molecular weight is 460 g/mol. The van der Waals surface area contributed by atoms with E-state index in [1.165, 1.54) is 5.56 Å². The number of nitrogens with one attached hydrogen (secondary N) is 2. The number of thiophene rings is 1. The summed E-state index contributed by atoms with van der Waals surface area (Å²) in [5.74, 6) is 3.62. The summed E-state index contributed by atoms with van der Waals surface area (Å²) in [4.78, 5) is 4.66. The molecule has 0 fully saturated rings. The van der Waals surface area contributed by atoms with Gasteiger partial charge in [-0.3, -0.25) is 0 Å². The maximum atomic E-state index is 4.66. The second-order valence-electron chi connectivity index (χ2n) is 5.89. The normalized spacial score (nSPS) is 17.1. The summed E-state index contributed by atoms with van der Waals surface area (Å²) in [5, 5.41) is 19.4. The van der Waals surface area contributed by atoms with Gasteiger partial charge in [0.05, 0.1) is 6.54 Å². The third-order valence-electron chi connectivity index (χ3n) is 4.13. The Morgan fingerprint density at radius 3 is 3.04 bits per heavy atom. The van der Waals surface area contributed by atoms with Crippen molar-refractivity contribution in [3.63, 3.8) is 0 Å². The molecule has 2 aromatic rings. The van der Waals surface area contributed by atoms with Gasteiger partial charge in [0.2, 0.25) is 0 Å². The van der Waals surface area contributed by atoms with Gasteiger partial charge >= 0.3 is 0 Å². The summed E-state index contributed by atoms with van der Waals surface area (Å²) in [6.07, 6.45) is 2.16. The van der Waals surface area contributed by atoms with Crippen molar-refractivity contribution in [1.29, 1.82) is 0 Å². The SMILES string of the molecule is CCNC(=NCc1ccsc1)NCC1CCc2nnc(C)n2C1.I. The highest BCUT2D eigenvalue weighted by atomic mass is 127. The van der Waals surface area contributed by atoms with Crippen LogP contribution in [0, 0.1) is 12.8 Å². The molecule has 3 rings (SSSR count). The monoisotopic (exact) mass is 460 g/mol. The van der Waals surface area contributed by atoms with Crippen molar-refractivity contribution in [2.75, 3.05) is 13.1 Å². The third-order valence-corrected chi connectivity index (χ3v) is 4.86. The summed E-state index contributed by atoms with van der Waals surface area (Å²) >= 11 is 1.71. The number of rotatable bonds is 5. The van der Waals surface area contributed by atoms with E-state index in [0.29, 0.717) is 5.92 Å². The van der Waals surface area contributed by atoms with E-state index in [0.717, 1.165) is 56.6 Å². The van der Waals surface area contributed by atoms with Gasteiger partial charge in [-0.2, -0.15) is 11.3 Å². The second-order valence-corrected chi connectivity index (χ2v) is 6.67. The Morgan fingerprint density at radius 2 is 2.29 bits per heavy atom. The van der Waals surface area contributed by atoms with Crippen LogP contribution in [0.5, 0.6) is 0 Å². The topological polar surface area (TPSA) is 67.1 Å². The van der Waals surface area contributed by atoms with E-state index in [2.05, 4.69) is 54.1 Å². The van der Waals surface area contributed by atoms with E-state index in [1.807, 2.05) is 6.92 Å². The quantitative estimate of drug-likeness (QED) is 0.409. The van der Waals surface area contributed by atoms with E-state index in [1.54, 1.807) is 11.3 Å². The fraction of sp³-hybridized carbons (Fsp3) is 0.562. The van der Waals surface area contributed by atoms with E-state index in [9.17, 15) is 0 Å². The summed E-state index contributed by atoms with van der Waals surface area (Å²) in [7, 11) is 0.